The molecule has 7 nitrogen and oxygen atoms in total. The molecule has 0 bridgehead atoms. The minimum Gasteiger partial charge on any atom is -0.492 e. The van der Waals surface area contributed by atoms with E-state index in [1.807, 2.05) is 0 Å². The molecule has 0 aliphatic carbocycles. The molecule has 1 N–H and O–H groups in total. The smallest absolute Gasteiger partial charge is 0.313 e. The number of ether oxygens (including phenoxy) is 4. The van der Waals surface area contributed by atoms with Gasteiger partial charge in [-0.05, 0) is 49.2 Å². The highest BCUT2D eigenvalue weighted by Crippen LogP contribution is 2.33. The lowest BCUT2D eigenvalue weighted by Gasteiger charge is -2.25. The van der Waals surface area contributed by atoms with Crippen LogP contribution in [0.4, 0.5) is 5.69 Å². The van der Waals surface area contributed by atoms with Crippen molar-refractivity contribution < 1.29 is 28.5 Å². The zero-order valence-corrected chi connectivity index (χ0v) is 16.5. The molecule has 0 saturated carbocycles. The molecule has 0 spiro atoms. The fourth-order valence-electron chi connectivity index (χ4n) is 3.20. The first kappa shape index (κ1) is 19.4. The van der Waals surface area contributed by atoms with Crippen molar-refractivity contribution in [3.05, 3.63) is 47.0 Å². The predicted octanol–water partition coefficient (Wildman–Crippen LogP) is 3.23. The molecule has 2 aromatic carbocycles. The van der Waals surface area contributed by atoms with Gasteiger partial charge >= 0.3 is 5.97 Å². The molecular formula is C21H20ClNO6. The average Bonchev–Trinajstić information content (AvgIpc) is 2.73. The van der Waals surface area contributed by atoms with Gasteiger partial charge in [0.05, 0.1) is 5.92 Å². The Hall–Kier alpha value is -2.93. The topological polar surface area (TPSA) is 83.1 Å². The molecule has 1 amide bonds. The van der Waals surface area contributed by atoms with Gasteiger partial charge in [-0.1, -0.05) is 11.6 Å². The molecule has 29 heavy (non-hydrogen) atoms. The highest BCUT2D eigenvalue weighted by molar-refractivity contribution is 6.30. The van der Waals surface area contributed by atoms with Crippen LogP contribution in [-0.4, -0.2) is 37.8 Å². The van der Waals surface area contributed by atoms with Crippen molar-refractivity contribution in [2.75, 3.05) is 25.1 Å². The number of esters is 1. The van der Waals surface area contributed by atoms with E-state index < -0.39 is 23.9 Å². The molecule has 2 heterocycles. The van der Waals surface area contributed by atoms with Crippen molar-refractivity contribution in [3.8, 4) is 17.2 Å². The predicted molar refractivity (Wildman–Crippen MR) is 106 cm³/mol. The van der Waals surface area contributed by atoms with Crippen molar-refractivity contribution in [1.29, 1.82) is 0 Å². The van der Waals surface area contributed by atoms with E-state index in [0.717, 1.165) is 5.56 Å². The molecule has 2 aliphatic heterocycles. The first-order valence-corrected chi connectivity index (χ1v) is 9.69. The Morgan fingerprint density at radius 2 is 1.83 bits per heavy atom. The molecule has 0 radical (unpaired) electrons. The van der Waals surface area contributed by atoms with Crippen LogP contribution in [-0.2, 0) is 20.7 Å². The number of amides is 1. The summed E-state index contributed by atoms with van der Waals surface area (Å²) in [6.45, 7) is 2.67. The number of hydrogen-bond acceptors (Lipinski definition) is 6. The van der Waals surface area contributed by atoms with Gasteiger partial charge in [-0.3, -0.25) is 9.59 Å². The minimum absolute atomic E-state index is 0.198. The normalized spacial score (nSPS) is 18.1. The number of carbonyl (C=O) groups excluding carboxylic acids is 2. The summed E-state index contributed by atoms with van der Waals surface area (Å²) in [7, 11) is 0. The zero-order chi connectivity index (χ0) is 20.4. The maximum absolute atomic E-state index is 12.5. The molecule has 8 heteroatoms. The minimum atomic E-state index is -0.962. The summed E-state index contributed by atoms with van der Waals surface area (Å²) in [5.41, 5.74) is 1.38. The van der Waals surface area contributed by atoms with Crippen molar-refractivity contribution in [1.82, 2.24) is 0 Å². The van der Waals surface area contributed by atoms with Crippen LogP contribution in [0.25, 0.3) is 0 Å². The molecule has 2 atom stereocenters. The molecular weight excluding hydrogens is 398 g/mol. The Bertz CT molecular complexity index is 947. The average molecular weight is 418 g/mol. The van der Waals surface area contributed by atoms with E-state index in [2.05, 4.69) is 5.32 Å². The van der Waals surface area contributed by atoms with E-state index in [0.29, 0.717) is 47.6 Å². The lowest BCUT2D eigenvalue weighted by molar-refractivity contribution is -0.158. The van der Waals surface area contributed by atoms with Gasteiger partial charge in [-0.15, -0.1) is 0 Å². The first-order chi connectivity index (χ1) is 14.0. The second kappa shape index (κ2) is 8.21. The Morgan fingerprint density at radius 1 is 1.07 bits per heavy atom. The molecule has 2 aliphatic rings. The van der Waals surface area contributed by atoms with Gasteiger partial charge in [0, 0.05) is 16.8 Å². The van der Waals surface area contributed by atoms with Crippen LogP contribution in [0.2, 0.25) is 5.02 Å². The number of anilines is 1. The van der Waals surface area contributed by atoms with E-state index >= 15 is 0 Å². The fraction of sp³-hybridized carbons (Fsp3) is 0.333. The van der Waals surface area contributed by atoms with Gasteiger partial charge in [0.1, 0.15) is 25.6 Å². The molecule has 0 aromatic heterocycles. The van der Waals surface area contributed by atoms with E-state index in [1.54, 1.807) is 36.4 Å². The largest absolute Gasteiger partial charge is 0.492 e. The third kappa shape index (κ3) is 4.40. The summed E-state index contributed by atoms with van der Waals surface area (Å²) in [6, 6.07) is 10.4. The van der Waals surface area contributed by atoms with Crippen LogP contribution < -0.4 is 19.5 Å². The zero-order valence-electron chi connectivity index (χ0n) is 15.8. The summed E-state index contributed by atoms with van der Waals surface area (Å²) in [6.07, 6.45) is -0.512. The molecule has 152 valence electrons. The van der Waals surface area contributed by atoms with Crippen LogP contribution in [0.15, 0.2) is 36.4 Å². The van der Waals surface area contributed by atoms with Gasteiger partial charge in [-0.2, -0.15) is 0 Å². The summed E-state index contributed by atoms with van der Waals surface area (Å²) in [5.74, 6) is 0.491. The van der Waals surface area contributed by atoms with E-state index in [1.165, 1.54) is 6.92 Å². The van der Waals surface area contributed by atoms with Crippen LogP contribution >= 0.6 is 11.6 Å². The maximum atomic E-state index is 12.5. The molecule has 4 rings (SSSR count). The Kier molecular flexibility index (Phi) is 5.49. The summed E-state index contributed by atoms with van der Waals surface area (Å²) >= 11 is 6.01. The second-order valence-corrected chi connectivity index (χ2v) is 7.33. The second-order valence-electron chi connectivity index (χ2n) is 6.89. The molecule has 0 unspecified atom stereocenters. The molecule has 2 aromatic rings. The third-order valence-corrected chi connectivity index (χ3v) is 4.97. The third-order valence-electron chi connectivity index (χ3n) is 4.73. The number of benzene rings is 2. The lowest BCUT2D eigenvalue weighted by Crippen LogP contribution is -2.36. The summed E-state index contributed by atoms with van der Waals surface area (Å²) < 4.78 is 21.9. The van der Waals surface area contributed by atoms with Crippen molar-refractivity contribution in [3.63, 3.8) is 0 Å². The SMILES string of the molecule is C[C@H](OC(=O)[C@@H]1COc2ccc(Cl)cc2C1)C(=O)Nc1ccc2c(c1)OCCO2. The lowest BCUT2D eigenvalue weighted by atomic mass is 9.97. The number of fused-ring (bicyclic) bond motifs is 2. The fourth-order valence-corrected chi connectivity index (χ4v) is 3.40. The van der Waals surface area contributed by atoms with Crippen LogP contribution in [0.1, 0.15) is 12.5 Å². The van der Waals surface area contributed by atoms with Gasteiger partial charge < -0.3 is 24.3 Å². The number of halogens is 1. The summed E-state index contributed by atoms with van der Waals surface area (Å²) in [5, 5.41) is 3.30. The standard InChI is InChI=1S/C21H20ClNO6/c1-12(20(24)23-16-3-5-18-19(10-16)27-7-6-26-18)29-21(25)14-8-13-9-15(22)2-4-17(13)28-11-14/h2-5,9-10,12,14H,6-8,11H2,1H3,(H,23,24)/t12-,14-/m0/s1. The number of carbonyl (C=O) groups is 2. The van der Waals surface area contributed by atoms with Gasteiger partial charge in [0.2, 0.25) is 0 Å². The van der Waals surface area contributed by atoms with E-state index in [-0.39, 0.29) is 6.61 Å². The Labute approximate surface area is 172 Å². The molecule has 0 fully saturated rings. The number of rotatable bonds is 4. The maximum Gasteiger partial charge on any atom is 0.313 e. The Morgan fingerprint density at radius 3 is 2.66 bits per heavy atom. The quantitative estimate of drug-likeness (QED) is 0.769. The van der Waals surface area contributed by atoms with E-state index in [9.17, 15) is 9.59 Å². The summed E-state index contributed by atoms with van der Waals surface area (Å²) in [4.78, 5) is 24.9. The molecule has 0 saturated heterocycles. The van der Waals surface area contributed by atoms with Crippen molar-refractivity contribution in [2.24, 2.45) is 5.92 Å². The highest BCUT2D eigenvalue weighted by Gasteiger charge is 2.30. The van der Waals surface area contributed by atoms with Crippen LogP contribution in [0.5, 0.6) is 17.2 Å². The number of hydrogen-bond donors (Lipinski definition) is 1. The van der Waals surface area contributed by atoms with Gasteiger partial charge in [0.25, 0.3) is 5.91 Å². The first-order valence-electron chi connectivity index (χ1n) is 9.32. The van der Waals surface area contributed by atoms with Crippen LogP contribution in [0, 0.1) is 5.92 Å². The van der Waals surface area contributed by atoms with Gasteiger partial charge in [0.15, 0.2) is 17.6 Å². The van der Waals surface area contributed by atoms with Crippen LogP contribution in [0.3, 0.4) is 0 Å². The van der Waals surface area contributed by atoms with Crippen molar-refractivity contribution in [2.45, 2.75) is 19.4 Å². The Balaban J connectivity index is 1.34. The van der Waals surface area contributed by atoms with Gasteiger partial charge in [-0.25, -0.2) is 0 Å². The van der Waals surface area contributed by atoms with Crippen molar-refractivity contribution >= 4 is 29.2 Å². The monoisotopic (exact) mass is 417 g/mol. The number of nitrogens with one attached hydrogen (secondary N) is 1. The van der Waals surface area contributed by atoms with E-state index in [4.69, 9.17) is 30.5 Å². The highest BCUT2D eigenvalue weighted by atomic mass is 35.5.